The van der Waals surface area contributed by atoms with E-state index in [-0.39, 0.29) is 11.3 Å². The lowest BCUT2D eigenvalue weighted by molar-refractivity contribution is 0.0692. The van der Waals surface area contributed by atoms with Crippen LogP contribution in [-0.4, -0.2) is 34.9 Å². The molecule has 1 aliphatic rings. The Morgan fingerprint density at radius 3 is 2.41 bits per heavy atom. The number of anilines is 1. The SMILES string of the molecule is Cc1cccc(C(=O)N(C)C2CCC(Nc3cc(C(C)(C)C)nc4ccccc34)CC2)c1. The Balaban J connectivity index is 1.45. The number of benzene rings is 2. The molecule has 0 radical (unpaired) electrons. The van der Waals surface area contributed by atoms with Gasteiger partial charge in [0.25, 0.3) is 5.91 Å². The van der Waals surface area contributed by atoms with E-state index < -0.39 is 0 Å². The van der Waals surface area contributed by atoms with Gasteiger partial charge in [0.2, 0.25) is 0 Å². The first kappa shape index (κ1) is 22.3. The summed E-state index contributed by atoms with van der Waals surface area (Å²) in [4.78, 5) is 19.8. The average molecular weight is 430 g/mol. The number of aryl methyl sites for hydroxylation is 1. The predicted octanol–water partition coefficient (Wildman–Crippen LogP) is 6.34. The molecule has 168 valence electrons. The number of carbonyl (C=O) groups is 1. The topological polar surface area (TPSA) is 45.2 Å². The van der Waals surface area contributed by atoms with Crippen molar-refractivity contribution in [2.24, 2.45) is 0 Å². The van der Waals surface area contributed by atoms with Gasteiger partial charge in [-0.25, -0.2) is 0 Å². The van der Waals surface area contributed by atoms with E-state index >= 15 is 0 Å². The number of nitrogens with zero attached hydrogens (tertiary/aromatic N) is 2. The van der Waals surface area contributed by atoms with E-state index in [9.17, 15) is 4.79 Å². The van der Waals surface area contributed by atoms with Crippen molar-refractivity contribution < 1.29 is 4.79 Å². The first-order chi connectivity index (χ1) is 15.2. The zero-order chi connectivity index (χ0) is 22.9. The van der Waals surface area contributed by atoms with Crippen molar-refractivity contribution in [3.63, 3.8) is 0 Å². The molecule has 1 N–H and O–H groups in total. The van der Waals surface area contributed by atoms with Crippen molar-refractivity contribution in [1.82, 2.24) is 9.88 Å². The van der Waals surface area contributed by atoms with Gasteiger partial charge in [-0.1, -0.05) is 56.7 Å². The Morgan fingerprint density at radius 2 is 1.72 bits per heavy atom. The number of para-hydroxylation sites is 1. The normalized spacial score (nSPS) is 19.0. The average Bonchev–Trinajstić information content (AvgIpc) is 2.78. The number of rotatable bonds is 4. The van der Waals surface area contributed by atoms with Crippen LogP contribution >= 0.6 is 0 Å². The third kappa shape index (κ3) is 4.79. The van der Waals surface area contributed by atoms with Gasteiger partial charge in [0.1, 0.15) is 0 Å². The maximum atomic E-state index is 12.9. The van der Waals surface area contributed by atoms with E-state index in [0.717, 1.165) is 48.0 Å². The highest BCUT2D eigenvalue weighted by Gasteiger charge is 2.28. The molecular formula is C28H35N3O. The molecule has 4 rings (SSSR count). The van der Waals surface area contributed by atoms with Crippen LogP contribution in [0.3, 0.4) is 0 Å². The summed E-state index contributed by atoms with van der Waals surface area (Å²) >= 11 is 0. The number of amides is 1. The molecule has 1 amide bonds. The third-order valence-electron chi connectivity index (χ3n) is 6.67. The highest BCUT2D eigenvalue weighted by atomic mass is 16.2. The molecule has 0 atom stereocenters. The summed E-state index contributed by atoms with van der Waals surface area (Å²) in [5, 5.41) is 5.00. The van der Waals surface area contributed by atoms with E-state index in [0.29, 0.717) is 12.1 Å². The van der Waals surface area contributed by atoms with Gasteiger partial charge in [-0.15, -0.1) is 0 Å². The number of hydrogen-bond donors (Lipinski definition) is 1. The highest BCUT2D eigenvalue weighted by molar-refractivity contribution is 5.94. The first-order valence-electron chi connectivity index (χ1n) is 11.7. The summed E-state index contributed by atoms with van der Waals surface area (Å²) < 4.78 is 0. The van der Waals surface area contributed by atoms with Gasteiger partial charge in [0.05, 0.1) is 5.52 Å². The largest absolute Gasteiger partial charge is 0.382 e. The van der Waals surface area contributed by atoms with Crippen LogP contribution in [0, 0.1) is 6.92 Å². The summed E-state index contributed by atoms with van der Waals surface area (Å²) in [5.74, 6) is 0.125. The lowest BCUT2D eigenvalue weighted by atomic mass is 9.88. The molecule has 2 aromatic carbocycles. The van der Waals surface area contributed by atoms with Crippen molar-refractivity contribution >= 4 is 22.5 Å². The second-order valence-corrected chi connectivity index (χ2v) is 10.3. The van der Waals surface area contributed by atoms with Crippen LogP contribution in [0.1, 0.15) is 68.1 Å². The molecule has 32 heavy (non-hydrogen) atoms. The minimum atomic E-state index is -0.00299. The van der Waals surface area contributed by atoms with Crippen LogP contribution in [-0.2, 0) is 5.41 Å². The molecule has 4 nitrogen and oxygen atoms in total. The molecule has 0 spiro atoms. The lowest BCUT2D eigenvalue weighted by Crippen LogP contribution is -2.41. The Labute approximate surface area is 192 Å². The molecular weight excluding hydrogens is 394 g/mol. The standard InChI is InChI=1S/C28H35N3O/c1-19-9-8-10-20(17-19)27(32)31(5)22-15-13-21(14-16-22)29-25-18-26(28(2,3)4)30-24-12-7-6-11-23(24)25/h6-12,17-18,21-22H,13-16H2,1-5H3,(H,29,30). The van der Waals surface area contributed by atoms with Crippen molar-refractivity contribution in [2.75, 3.05) is 12.4 Å². The van der Waals surface area contributed by atoms with Crippen LogP contribution in [0.2, 0.25) is 0 Å². The molecule has 0 aliphatic heterocycles. The highest BCUT2D eigenvalue weighted by Crippen LogP contribution is 2.32. The molecule has 1 saturated carbocycles. The zero-order valence-electron chi connectivity index (χ0n) is 20.0. The molecule has 3 aromatic rings. The van der Waals surface area contributed by atoms with Crippen LogP contribution in [0.15, 0.2) is 54.6 Å². The number of fused-ring (bicyclic) bond motifs is 1. The maximum absolute atomic E-state index is 12.9. The Morgan fingerprint density at radius 1 is 1.00 bits per heavy atom. The zero-order valence-corrected chi connectivity index (χ0v) is 20.0. The smallest absolute Gasteiger partial charge is 0.253 e. The van der Waals surface area contributed by atoms with Crippen LogP contribution in [0.25, 0.3) is 10.9 Å². The molecule has 1 fully saturated rings. The third-order valence-corrected chi connectivity index (χ3v) is 6.67. The van der Waals surface area contributed by atoms with Gasteiger partial charge < -0.3 is 10.2 Å². The molecule has 1 aromatic heterocycles. The summed E-state index contributed by atoms with van der Waals surface area (Å²) in [6.07, 6.45) is 4.14. The number of nitrogens with one attached hydrogen (secondary N) is 1. The van der Waals surface area contributed by atoms with Crippen LogP contribution in [0.4, 0.5) is 5.69 Å². The van der Waals surface area contributed by atoms with Crippen molar-refractivity contribution in [3.8, 4) is 0 Å². The Kier molecular flexibility index (Phi) is 6.23. The molecule has 4 heteroatoms. The van der Waals surface area contributed by atoms with Gasteiger partial charge >= 0.3 is 0 Å². The number of aromatic nitrogens is 1. The summed E-state index contributed by atoms with van der Waals surface area (Å²) in [7, 11) is 1.95. The number of carbonyl (C=O) groups excluding carboxylic acids is 1. The Hall–Kier alpha value is -2.88. The second kappa shape index (κ2) is 8.93. The van der Waals surface area contributed by atoms with E-state index in [2.05, 4.69) is 56.4 Å². The van der Waals surface area contributed by atoms with Gasteiger partial charge in [0, 0.05) is 46.9 Å². The maximum Gasteiger partial charge on any atom is 0.253 e. The molecule has 0 saturated heterocycles. The molecule has 0 unspecified atom stereocenters. The second-order valence-electron chi connectivity index (χ2n) is 10.3. The predicted molar refractivity (Wildman–Crippen MR) is 133 cm³/mol. The monoisotopic (exact) mass is 429 g/mol. The quantitative estimate of drug-likeness (QED) is 0.527. The van der Waals surface area contributed by atoms with Gasteiger partial charge in [0.15, 0.2) is 0 Å². The fraction of sp³-hybridized carbons (Fsp3) is 0.429. The number of hydrogen-bond acceptors (Lipinski definition) is 3. The fourth-order valence-electron chi connectivity index (χ4n) is 4.65. The van der Waals surface area contributed by atoms with Gasteiger partial charge in [-0.2, -0.15) is 0 Å². The van der Waals surface area contributed by atoms with Gasteiger partial charge in [-0.05, 0) is 56.9 Å². The van der Waals surface area contributed by atoms with Crippen molar-refractivity contribution in [2.45, 2.75) is 70.9 Å². The van der Waals surface area contributed by atoms with E-state index in [4.69, 9.17) is 4.98 Å². The summed E-state index contributed by atoms with van der Waals surface area (Å²) in [5.41, 5.74) is 5.22. The summed E-state index contributed by atoms with van der Waals surface area (Å²) in [6.45, 7) is 8.65. The molecule has 1 heterocycles. The van der Waals surface area contributed by atoms with E-state index in [1.807, 2.05) is 43.1 Å². The van der Waals surface area contributed by atoms with E-state index in [1.54, 1.807) is 0 Å². The molecule has 1 aliphatic carbocycles. The lowest BCUT2D eigenvalue weighted by Gasteiger charge is -2.35. The minimum Gasteiger partial charge on any atom is -0.382 e. The molecule has 0 bridgehead atoms. The van der Waals surface area contributed by atoms with E-state index in [1.165, 1.54) is 11.1 Å². The Bertz CT molecular complexity index is 1110. The number of pyridine rings is 1. The van der Waals surface area contributed by atoms with Crippen molar-refractivity contribution in [3.05, 3.63) is 71.4 Å². The first-order valence-corrected chi connectivity index (χ1v) is 11.7. The van der Waals surface area contributed by atoms with Crippen LogP contribution in [0.5, 0.6) is 0 Å². The summed E-state index contributed by atoms with van der Waals surface area (Å²) in [6, 6.07) is 19.2. The van der Waals surface area contributed by atoms with Crippen molar-refractivity contribution in [1.29, 1.82) is 0 Å². The van der Waals surface area contributed by atoms with Gasteiger partial charge in [-0.3, -0.25) is 9.78 Å². The minimum absolute atomic E-state index is 0.00299. The van der Waals surface area contributed by atoms with Crippen LogP contribution < -0.4 is 5.32 Å². The fourth-order valence-corrected chi connectivity index (χ4v) is 4.65.